The maximum absolute atomic E-state index is 11.1. The van der Waals surface area contributed by atoms with E-state index in [0.29, 0.717) is 31.7 Å². The summed E-state index contributed by atoms with van der Waals surface area (Å²) in [6, 6.07) is 0.369. The highest BCUT2D eigenvalue weighted by Gasteiger charge is 2.18. The summed E-state index contributed by atoms with van der Waals surface area (Å²) in [7, 11) is 0. The molecule has 3 N–H and O–H groups in total. The Kier molecular flexibility index (Phi) is 6.89. The minimum atomic E-state index is 0.0311. The van der Waals surface area contributed by atoms with E-state index in [-0.39, 0.29) is 5.91 Å². The van der Waals surface area contributed by atoms with Crippen LogP contribution in [0.15, 0.2) is 12.7 Å². The Morgan fingerprint density at radius 3 is 2.76 bits per heavy atom. The van der Waals surface area contributed by atoms with Crippen molar-refractivity contribution in [1.29, 1.82) is 0 Å². The zero-order chi connectivity index (χ0) is 12.5. The summed E-state index contributed by atoms with van der Waals surface area (Å²) in [5.41, 5.74) is 5.82. The van der Waals surface area contributed by atoms with Gasteiger partial charge in [-0.2, -0.15) is 0 Å². The van der Waals surface area contributed by atoms with Crippen LogP contribution in [0.1, 0.15) is 38.5 Å². The van der Waals surface area contributed by atoms with Crippen molar-refractivity contribution >= 4 is 5.91 Å². The Hall–Kier alpha value is -0.870. The maximum Gasteiger partial charge on any atom is 0.223 e. The van der Waals surface area contributed by atoms with Gasteiger partial charge >= 0.3 is 0 Å². The summed E-state index contributed by atoms with van der Waals surface area (Å²) in [5, 5.41) is 2.82. The normalized spacial score (nSPS) is 24.3. The topological polar surface area (TPSA) is 64.3 Å². The molecular weight excluding hydrogens is 216 g/mol. The summed E-state index contributed by atoms with van der Waals surface area (Å²) in [5.74, 6) is 0.0311. The molecule has 1 rings (SSSR count). The van der Waals surface area contributed by atoms with Crippen LogP contribution in [-0.4, -0.2) is 31.2 Å². The van der Waals surface area contributed by atoms with E-state index < -0.39 is 0 Å². The first-order chi connectivity index (χ1) is 8.22. The second kappa shape index (κ2) is 8.25. The zero-order valence-electron chi connectivity index (χ0n) is 10.5. The van der Waals surface area contributed by atoms with Crippen LogP contribution < -0.4 is 11.1 Å². The quantitative estimate of drug-likeness (QED) is 0.521. The summed E-state index contributed by atoms with van der Waals surface area (Å²) in [4.78, 5) is 11.1. The van der Waals surface area contributed by atoms with Crippen LogP contribution in [0.25, 0.3) is 0 Å². The lowest BCUT2D eigenvalue weighted by atomic mass is 9.94. The SMILES string of the molecule is C=CCC(=O)NCCCOC1CCC(N)CC1. The van der Waals surface area contributed by atoms with Gasteiger partial charge in [-0.3, -0.25) is 4.79 Å². The first kappa shape index (κ1) is 14.2. The van der Waals surface area contributed by atoms with Gasteiger partial charge in [-0.1, -0.05) is 6.08 Å². The molecule has 4 nitrogen and oxygen atoms in total. The molecule has 0 aromatic heterocycles. The van der Waals surface area contributed by atoms with Crippen molar-refractivity contribution in [1.82, 2.24) is 5.32 Å². The number of nitrogens with two attached hydrogens (primary N) is 1. The van der Waals surface area contributed by atoms with Crippen LogP contribution in [0.5, 0.6) is 0 Å². The van der Waals surface area contributed by atoms with E-state index in [9.17, 15) is 4.79 Å². The van der Waals surface area contributed by atoms with Gasteiger partial charge in [0.05, 0.1) is 6.10 Å². The van der Waals surface area contributed by atoms with Crippen LogP contribution in [0, 0.1) is 0 Å². The van der Waals surface area contributed by atoms with Crippen molar-refractivity contribution < 1.29 is 9.53 Å². The monoisotopic (exact) mass is 240 g/mol. The van der Waals surface area contributed by atoms with Gasteiger partial charge in [-0.05, 0) is 32.1 Å². The molecule has 0 spiro atoms. The van der Waals surface area contributed by atoms with Gasteiger partial charge in [-0.25, -0.2) is 0 Å². The second-order valence-corrected chi connectivity index (χ2v) is 4.60. The van der Waals surface area contributed by atoms with Crippen molar-refractivity contribution in [3.05, 3.63) is 12.7 Å². The van der Waals surface area contributed by atoms with Gasteiger partial charge in [0.25, 0.3) is 0 Å². The summed E-state index contributed by atoms with van der Waals surface area (Å²) >= 11 is 0. The fraction of sp³-hybridized carbons (Fsp3) is 0.769. The molecule has 1 amide bonds. The predicted octanol–water partition coefficient (Wildman–Crippen LogP) is 1.36. The number of nitrogens with one attached hydrogen (secondary N) is 1. The third-order valence-corrected chi connectivity index (χ3v) is 3.05. The van der Waals surface area contributed by atoms with E-state index in [1.165, 1.54) is 0 Å². The highest BCUT2D eigenvalue weighted by Crippen LogP contribution is 2.19. The zero-order valence-corrected chi connectivity index (χ0v) is 10.5. The van der Waals surface area contributed by atoms with Crippen molar-refractivity contribution in [3.63, 3.8) is 0 Å². The molecular formula is C13H24N2O2. The van der Waals surface area contributed by atoms with Crippen LogP contribution in [-0.2, 0) is 9.53 Å². The Balaban J connectivity index is 1.93. The van der Waals surface area contributed by atoms with Gasteiger partial charge < -0.3 is 15.8 Å². The number of hydrogen-bond donors (Lipinski definition) is 2. The fourth-order valence-corrected chi connectivity index (χ4v) is 2.01. The molecule has 0 bridgehead atoms. The smallest absolute Gasteiger partial charge is 0.223 e. The van der Waals surface area contributed by atoms with Gasteiger partial charge in [0.1, 0.15) is 0 Å². The summed E-state index contributed by atoms with van der Waals surface area (Å²) < 4.78 is 5.75. The molecule has 17 heavy (non-hydrogen) atoms. The van der Waals surface area contributed by atoms with Crippen molar-refractivity contribution in [2.24, 2.45) is 5.73 Å². The lowest BCUT2D eigenvalue weighted by molar-refractivity contribution is -0.120. The molecule has 0 aromatic rings. The Bertz CT molecular complexity index is 236. The van der Waals surface area contributed by atoms with Gasteiger partial charge in [0.2, 0.25) is 5.91 Å². The van der Waals surface area contributed by atoms with Gasteiger partial charge in [0, 0.05) is 25.6 Å². The minimum absolute atomic E-state index is 0.0311. The number of ether oxygens (including phenoxy) is 1. The predicted molar refractivity (Wildman–Crippen MR) is 68.6 cm³/mol. The molecule has 0 aliphatic heterocycles. The molecule has 4 heteroatoms. The van der Waals surface area contributed by atoms with Crippen molar-refractivity contribution in [3.8, 4) is 0 Å². The Morgan fingerprint density at radius 2 is 2.12 bits per heavy atom. The Morgan fingerprint density at radius 1 is 1.41 bits per heavy atom. The highest BCUT2D eigenvalue weighted by atomic mass is 16.5. The first-order valence-electron chi connectivity index (χ1n) is 6.47. The molecule has 1 aliphatic rings. The molecule has 0 radical (unpaired) electrons. The van der Waals surface area contributed by atoms with E-state index >= 15 is 0 Å². The summed E-state index contributed by atoms with van der Waals surface area (Å²) in [6.45, 7) is 4.91. The minimum Gasteiger partial charge on any atom is -0.378 e. The Labute approximate surface area is 104 Å². The van der Waals surface area contributed by atoms with Crippen LogP contribution >= 0.6 is 0 Å². The standard InChI is InChI=1S/C13H24N2O2/c1-2-4-13(16)15-9-3-10-17-12-7-5-11(14)6-8-12/h2,11-12H,1,3-10,14H2,(H,15,16). The molecule has 0 atom stereocenters. The van der Waals surface area contributed by atoms with Crippen molar-refractivity contribution in [2.75, 3.05) is 13.2 Å². The van der Waals surface area contributed by atoms with Gasteiger partial charge in [-0.15, -0.1) is 6.58 Å². The molecule has 0 saturated heterocycles. The summed E-state index contributed by atoms with van der Waals surface area (Å²) in [6.07, 6.45) is 7.53. The molecule has 0 unspecified atom stereocenters. The molecule has 1 fully saturated rings. The van der Waals surface area contributed by atoms with Crippen LogP contribution in [0.3, 0.4) is 0 Å². The third kappa shape index (κ3) is 6.44. The first-order valence-corrected chi connectivity index (χ1v) is 6.47. The number of rotatable bonds is 7. The van der Waals surface area contributed by atoms with E-state index in [0.717, 1.165) is 32.1 Å². The van der Waals surface area contributed by atoms with E-state index in [1.54, 1.807) is 6.08 Å². The number of carbonyl (C=O) groups is 1. The molecule has 0 aromatic carbocycles. The number of carbonyl (C=O) groups excluding carboxylic acids is 1. The number of hydrogen-bond acceptors (Lipinski definition) is 3. The molecule has 1 saturated carbocycles. The molecule has 98 valence electrons. The average molecular weight is 240 g/mol. The average Bonchev–Trinajstić information content (AvgIpc) is 2.31. The lowest BCUT2D eigenvalue weighted by Crippen LogP contribution is -2.31. The van der Waals surface area contributed by atoms with Crippen molar-refractivity contribution in [2.45, 2.75) is 50.7 Å². The molecule has 1 aliphatic carbocycles. The molecule has 0 heterocycles. The number of amides is 1. The largest absolute Gasteiger partial charge is 0.378 e. The third-order valence-electron chi connectivity index (χ3n) is 3.05. The lowest BCUT2D eigenvalue weighted by Gasteiger charge is -2.26. The van der Waals surface area contributed by atoms with E-state index in [2.05, 4.69) is 11.9 Å². The second-order valence-electron chi connectivity index (χ2n) is 4.60. The van der Waals surface area contributed by atoms with E-state index in [1.807, 2.05) is 0 Å². The van der Waals surface area contributed by atoms with Gasteiger partial charge in [0.15, 0.2) is 0 Å². The highest BCUT2D eigenvalue weighted by molar-refractivity contribution is 5.77. The fourth-order valence-electron chi connectivity index (χ4n) is 2.01. The maximum atomic E-state index is 11.1. The van der Waals surface area contributed by atoms with Crippen LogP contribution in [0.4, 0.5) is 0 Å². The van der Waals surface area contributed by atoms with E-state index in [4.69, 9.17) is 10.5 Å². The van der Waals surface area contributed by atoms with Crippen LogP contribution in [0.2, 0.25) is 0 Å².